The smallest absolute Gasteiger partial charge is 0.213 e. The maximum atomic E-state index is 5.18. The minimum Gasteiger partial charge on any atom is -0.481 e. The first kappa shape index (κ1) is 18.2. The van der Waals surface area contributed by atoms with Gasteiger partial charge in [-0.3, -0.25) is 4.99 Å². The predicted molar refractivity (Wildman–Crippen MR) is 106 cm³/mol. The van der Waals surface area contributed by atoms with Crippen molar-refractivity contribution in [3.63, 3.8) is 0 Å². The molecule has 0 spiro atoms. The highest BCUT2D eigenvalue weighted by atomic mass is 16.5. The first-order chi connectivity index (χ1) is 12.8. The van der Waals surface area contributed by atoms with Crippen LogP contribution in [0.1, 0.15) is 36.9 Å². The van der Waals surface area contributed by atoms with Crippen LogP contribution in [0.3, 0.4) is 0 Å². The quantitative estimate of drug-likeness (QED) is 0.619. The van der Waals surface area contributed by atoms with Crippen molar-refractivity contribution in [3.8, 4) is 5.88 Å². The van der Waals surface area contributed by atoms with Crippen LogP contribution in [0.4, 0.5) is 0 Å². The third-order valence-electron chi connectivity index (χ3n) is 5.19. The van der Waals surface area contributed by atoms with Gasteiger partial charge in [-0.1, -0.05) is 49.2 Å². The molecule has 3 rings (SSSR count). The lowest BCUT2D eigenvalue weighted by atomic mass is 9.79. The van der Waals surface area contributed by atoms with Crippen LogP contribution in [0.5, 0.6) is 5.88 Å². The van der Waals surface area contributed by atoms with E-state index in [4.69, 9.17) is 4.74 Å². The molecule has 1 heterocycles. The fourth-order valence-electron chi connectivity index (χ4n) is 3.73. The topological polar surface area (TPSA) is 58.5 Å². The van der Waals surface area contributed by atoms with E-state index in [0.29, 0.717) is 12.4 Å². The molecule has 0 atom stereocenters. The van der Waals surface area contributed by atoms with Gasteiger partial charge < -0.3 is 15.4 Å². The van der Waals surface area contributed by atoms with E-state index in [2.05, 4.69) is 50.9 Å². The molecule has 0 radical (unpaired) electrons. The monoisotopic (exact) mass is 352 g/mol. The molecule has 1 saturated carbocycles. The zero-order valence-corrected chi connectivity index (χ0v) is 15.7. The molecule has 0 unspecified atom stereocenters. The van der Waals surface area contributed by atoms with Crippen LogP contribution >= 0.6 is 0 Å². The van der Waals surface area contributed by atoms with Gasteiger partial charge in [-0.05, 0) is 24.5 Å². The number of methoxy groups -OCH3 is 1. The molecule has 138 valence electrons. The predicted octanol–water partition coefficient (Wildman–Crippen LogP) is 3.27. The zero-order chi connectivity index (χ0) is 18.2. The average Bonchev–Trinajstić information content (AvgIpc) is 3.19. The van der Waals surface area contributed by atoms with Gasteiger partial charge in [-0.25, -0.2) is 4.98 Å². The van der Waals surface area contributed by atoms with Gasteiger partial charge in [-0.15, -0.1) is 0 Å². The molecule has 0 amide bonds. The maximum Gasteiger partial charge on any atom is 0.213 e. The van der Waals surface area contributed by atoms with Gasteiger partial charge in [0.1, 0.15) is 0 Å². The Morgan fingerprint density at radius 1 is 1.08 bits per heavy atom. The van der Waals surface area contributed by atoms with E-state index in [9.17, 15) is 0 Å². The Labute approximate surface area is 155 Å². The summed E-state index contributed by atoms with van der Waals surface area (Å²) < 4.78 is 5.18. The van der Waals surface area contributed by atoms with Crippen LogP contribution in [0, 0.1) is 0 Å². The van der Waals surface area contributed by atoms with Crippen molar-refractivity contribution in [1.82, 2.24) is 15.6 Å². The van der Waals surface area contributed by atoms with Crippen LogP contribution in [0.2, 0.25) is 0 Å². The molecule has 2 N–H and O–H groups in total. The lowest BCUT2D eigenvalue weighted by Gasteiger charge is -2.30. The van der Waals surface area contributed by atoms with E-state index in [0.717, 1.165) is 18.2 Å². The third kappa shape index (κ3) is 4.34. The fourth-order valence-corrected chi connectivity index (χ4v) is 3.73. The number of aromatic nitrogens is 1. The largest absolute Gasteiger partial charge is 0.481 e. The van der Waals surface area contributed by atoms with Crippen molar-refractivity contribution in [2.24, 2.45) is 4.99 Å². The highest BCUT2D eigenvalue weighted by molar-refractivity contribution is 5.79. The Balaban J connectivity index is 1.61. The summed E-state index contributed by atoms with van der Waals surface area (Å²) in [4.78, 5) is 8.80. The lowest BCUT2D eigenvalue weighted by molar-refractivity contribution is 0.396. The van der Waals surface area contributed by atoms with Crippen molar-refractivity contribution in [2.45, 2.75) is 37.6 Å². The molecule has 0 saturated heterocycles. The Morgan fingerprint density at radius 2 is 1.85 bits per heavy atom. The van der Waals surface area contributed by atoms with Gasteiger partial charge in [0.2, 0.25) is 5.88 Å². The van der Waals surface area contributed by atoms with Crippen LogP contribution < -0.4 is 15.4 Å². The van der Waals surface area contributed by atoms with Gasteiger partial charge in [-0.2, -0.15) is 0 Å². The molecule has 26 heavy (non-hydrogen) atoms. The Kier molecular flexibility index (Phi) is 6.10. The second-order valence-corrected chi connectivity index (χ2v) is 6.80. The van der Waals surface area contributed by atoms with Gasteiger partial charge in [0.05, 0.1) is 19.3 Å². The van der Waals surface area contributed by atoms with Crippen LogP contribution in [-0.2, 0) is 12.0 Å². The number of ether oxygens (including phenoxy) is 1. The SMILES string of the molecule is CN=C(NCc1cccc(OC)n1)NCC1(c2ccccc2)CCCC1. The molecule has 1 aliphatic carbocycles. The average molecular weight is 352 g/mol. The third-order valence-corrected chi connectivity index (χ3v) is 5.19. The summed E-state index contributed by atoms with van der Waals surface area (Å²) in [6.45, 7) is 1.50. The number of nitrogens with zero attached hydrogens (tertiary/aromatic N) is 2. The van der Waals surface area contributed by atoms with Gasteiger partial charge in [0.25, 0.3) is 0 Å². The Hall–Kier alpha value is -2.56. The number of pyridine rings is 1. The Bertz CT molecular complexity index is 724. The van der Waals surface area contributed by atoms with Crippen LogP contribution in [0.15, 0.2) is 53.5 Å². The normalized spacial score (nSPS) is 16.3. The molecule has 1 aromatic heterocycles. The second-order valence-electron chi connectivity index (χ2n) is 6.80. The summed E-state index contributed by atoms with van der Waals surface area (Å²) in [7, 11) is 3.43. The van der Waals surface area contributed by atoms with E-state index in [1.165, 1.54) is 31.2 Å². The summed E-state index contributed by atoms with van der Waals surface area (Å²) >= 11 is 0. The number of guanidine groups is 1. The van der Waals surface area contributed by atoms with Crippen molar-refractivity contribution in [3.05, 3.63) is 59.8 Å². The summed E-state index contributed by atoms with van der Waals surface area (Å²) in [6, 6.07) is 16.6. The highest BCUT2D eigenvalue weighted by Gasteiger charge is 2.35. The van der Waals surface area contributed by atoms with Crippen LogP contribution in [-0.4, -0.2) is 31.6 Å². The summed E-state index contributed by atoms with van der Waals surface area (Å²) in [6.07, 6.45) is 5.02. The van der Waals surface area contributed by atoms with Gasteiger partial charge >= 0.3 is 0 Å². The van der Waals surface area contributed by atoms with E-state index in [1.807, 2.05) is 18.2 Å². The van der Waals surface area contributed by atoms with Crippen molar-refractivity contribution >= 4 is 5.96 Å². The summed E-state index contributed by atoms with van der Waals surface area (Å²) in [5, 5.41) is 6.88. The van der Waals surface area contributed by atoms with E-state index < -0.39 is 0 Å². The number of hydrogen-bond donors (Lipinski definition) is 2. The Morgan fingerprint density at radius 3 is 2.54 bits per heavy atom. The number of benzene rings is 1. The molecule has 0 aliphatic heterocycles. The number of nitrogens with one attached hydrogen (secondary N) is 2. The van der Waals surface area contributed by atoms with E-state index >= 15 is 0 Å². The molecular formula is C21H28N4O. The number of aliphatic imine (C=N–C) groups is 1. The van der Waals surface area contributed by atoms with Crippen molar-refractivity contribution in [1.29, 1.82) is 0 Å². The van der Waals surface area contributed by atoms with E-state index in [1.54, 1.807) is 14.2 Å². The molecule has 1 fully saturated rings. The lowest BCUT2D eigenvalue weighted by Crippen LogP contribution is -2.44. The highest BCUT2D eigenvalue weighted by Crippen LogP contribution is 2.40. The van der Waals surface area contributed by atoms with Crippen molar-refractivity contribution in [2.75, 3.05) is 20.7 Å². The first-order valence-corrected chi connectivity index (χ1v) is 9.26. The van der Waals surface area contributed by atoms with Crippen LogP contribution in [0.25, 0.3) is 0 Å². The molecular weight excluding hydrogens is 324 g/mol. The fraction of sp³-hybridized carbons (Fsp3) is 0.429. The van der Waals surface area contributed by atoms with Gasteiger partial charge in [0, 0.05) is 25.1 Å². The minimum absolute atomic E-state index is 0.201. The summed E-state index contributed by atoms with van der Waals surface area (Å²) in [5.74, 6) is 1.43. The molecule has 5 nitrogen and oxygen atoms in total. The van der Waals surface area contributed by atoms with E-state index in [-0.39, 0.29) is 5.41 Å². The molecule has 5 heteroatoms. The summed E-state index contributed by atoms with van der Waals surface area (Å²) in [5.41, 5.74) is 2.55. The molecule has 0 bridgehead atoms. The standard InChI is InChI=1S/C21H28N4O/c1-22-20(23-15-18-11-8-12-19(25-18)26-2)24-16-21(13-6-7-14-21)17-9-4-3-5-10-17/h3-5,8-12H,6-7,13-16H2,1-2H3,(H2,22,23,24). The number of rotatable bonds is 6. The number of hydrogen-bond acceptors (Lipinski definition) is 3. The second kappa shape index (κ2) is 8.70. The maximum absolute atomic E-state index is 5.18. The molecule has 1 aliphatic rings. The zero-order valence-electron chi connectivity index (χ0n) is 15.7. The first-order valence-electron chi connectivity index (χ1n) is 9.26. The minimum atomic E-state index is 0.201. The van der Waals surface area contributed by atoms with Gasteiger partial charge in [0.15, 0.2) is 5.96 Å². The molecule has 1 aromatic carbocycles. The molecule has 2 aromatic rings. The van der Waals surface area contributed by atoms with Crippen molar-refractivity contribution < 1.29 is 4.74 Å².